The number of allylic oxidation sites excluding steroid dienone is 3. The molecule has 0 amide bonds. The number of nitrogens with zero attached hydrogens (tertiary/aromatic N) is 3. The zero-order valence-corrected chi connectivity index (χ0v) is 9.32. The van der Waals surface area contributed by atoms with Crippen LogP contribution in [0.5, 0.6) is 0 Å². The normalized spacial score (nSPS) is 10.6. The SMILES string of the molecule is CC(C)=CCC/C(C)=C/CCN=[N+]=[N-]. The Bertz CT molecular complexity index is 254. The van der Waals surface area contributed by atoms with E-state index in [1.165, 1.54) is 11.1 Å². The lowest BCUT2D eigenvalue weighted by Crippen LogP contribution is -1.80. The molecule has 14 heavy (non-hydrogen) atoms. The third-order valence-corrected chi connectivity index (χ3v) is 1.88. The molecular weight excluding hydrogens is 174 g/mol. The van der Waals surface area contributed by atoms with Crippen molar-refractivity contribution in [3.05, 3.63) is 33.7 Å². The number of hydrogen-bond acceptors (Lipinski definition) is 1. The largest absolute Gasteiger partial charge is 0.0937 e. The molecule has 0 heterocycles. The maximum Gasteiger partial charge on any atom is 0.0292 e. The molecule has 0 aliphatic carbocycles. The van der Waals surface area contributed by atoms with Gasteiger partial charge < -0.3 is 0 Å². The lowest BCUT2D eigenvalue weighted by molar-refractivity contribution is 0.925. The van der Waals surface area contributed by atoms with Gasteiger partial charge in [-0.15, -0.1) is 0 Å². The summed E-state index contributed by atoms with van der Waals surface area (Å²) in [7, 11) is 0. The summed E-state index contributed by atoms with van der Waals surface area (Å²) in [5.74, 6) is 0. The standard InChI is InChI=1S/C11H19N3/c1-10(2)6-4-7-11(3)8-5-9-13-14-12/h6,8H,4-5,7,9H2,1-3H3/b11-8+. The molecule has 0 rings (SSSR count). The predicted molar refractivity (Wildman–Crippen MR) is 61.1 cm³/mol. The molecule has 3 nitrogen and oxygen atoms in total. The highest BCUT2D eigenvalue weighted by molar-refractivity contribution is 5.02. The van der Waals surface area contributed by atoms with Gasteiger partial charge in [0.05, 0.1) is 0 Å². The van der Waals surface area contributed by atoms with Gasteiger partial charge in [-0.2, -0.15) is 0 Å². The van der Waals surface area contributed by atoms with E-state index in [1.807, 2.05) is 0 Å². The molecule has 78 valence electrons. The van der Waals surface area contributed by atoms with Gasteiger partial charge >= 0.3 is 0 Å². The molecule has 0 aromatic rings. The highest BCUT2D eigenvalue weighted by Crippen LogP contribution is 2.07. The first-order valence-corrected chi connectivity index (χ1v) is 4.96. The summed E-state index contributed by atoms with van der Waals surface area (Å²) in [5.41, 5.74) is 10.8. The zero-order chi connectivity index (χ0) is 10.8. The summed E-state index contributed by atoms with van der Waals surface area (Å²) in [5, 5.41) is 3.48. The Morgan fingerprint density at radius 1 is 1.21 bits per heavy atom. The van der Waals surface area contributed by atoms with Gasteiger partial charge in [-0.25, -0.2) is 0 Å². The molecule has 0 aromatic carbocycles. The summed E-state index contributed by atoms with van der Waals surface area (Å²) in [6, 6.07) is 0. The molecule has 3 heteroatoms. The van der Waals surface area contributed by atoms with Crippen LogP contribution in [-0.2, 0) is 0 Å². The summed E-state index contributed by atoms with van der Waals surface area (Å²) >= 11 is 0. The Hall–Kier alpha value is -1.21. The zero-order valence-electron chi connectivity index (χ0n) is 9.32. The van der Waals surface area contributed by atoms with Crippen LogP contribution < -0.4 is 0 Å². The highest BCUT2D eigenvalue weighted by Gasteiger charge is 1.88. The average molecular weight is 193 g/mol. The van der Waals surface area contributed by atoms with E-state index < -0.39 is 0 Å². The van der Waals surface area contributed by atoms with Crippen molar-refractivity contribution in [2.45, 2.75) is 40.0 Å². The smallest absolute Gasteiger partial charge is 0.0292 e. The van der Waals surface area contributed by atoms with Crippen molar-refractivity contribution in [2.24, 2.45) is 5.11 Å². The Kier molecular flexibility index (Phi) is 7.67. The highest BCUT2D eigenvalue weighted by atomic mass is 15.1. The molecule has 0 aliphatic rings. The van der Waals surface area contributed by atoms with Crippen LogP contribution in [0, 0.1) is 0 Å². The summed E-state index contributed by atoms with van der Waals surface area (Å²) in [6.07, 6.45) is 7.44. The quantitative estimate of drug-likeness (QED) is 0.198. The van der Waals surface area contributed by atoms with E-state index in [9.17, 15) is 0 Å². The van der Waals surface area contributed by atoms with Crippen LogP contribution >= 0.6 is 0 Å². The van der Waals surface area contributed by atoms with E-state index in [-0.39, 0.29) is 0 Å². The van der Waals surface area contributed by atoms with E-state index >= 15 is 0 Å². The van der Waals surface area contributed by atoms with Crippen molar-refractivity contribution in [1.29, 1.82) is 0 Å². The second-order valence-corrected chi connectivity index (χ2v) is 3.61. The summed E-state index contributed by atoms with van der Waals surface area (Å²) in [6.45, 7) is 6.91. The van der Waals surface area contributed by atoms with Gasteiger partial charge in [-0.3, -0.25) is 0 Å². The van der Waals surface area contributed by atoms with Crippen molar-refractivity contribution in [2.75, 3.05) is 6.54 Å². The Labute approximate surface area is 86.1 Å². The molecule has 0 saturated heterocycles. The number of rotatable bonds is 6. The molecular formula is C11H19N3. The molecule has 0 saturated carbocycles. The Morgan fingerprint density at radius 3 is 2.50 bits per heavy atom. The summed E-state index contributed by atoms with van der Waals surface area (Å²) in [4.78, 5) is 2.70. The number of hydrogen-bond donors (Lipinski definition) is 0. The molecule has 0 N–H and O–H groups in total. The predicted octanol–water partition coefficient (Wildman–Crippen LogP) is 4.38. The molecule has 0 radical (unpaired) electrons. The first-order valence-electron chi connectivity index (χ1n) is 4.96. The van der Waals surface area contributed by atoms with Gasteiger partial charge in [0.15, 0.2) is 0 Å². The number of azide groups is 1. The lowest BCUT2D eigenvalue weighted by atomic mass is 10.1. The van der Waals surface area contributed by atoms with Gasteiger partial charge in [0, 0.05) is 11.5 Å². The maximum atomic E-state index is 8.06. The minimum atomic E-state index is 0.566. The average Bonchev–Trinajstić information content (AvgIpc) is 2.12. The Balaban J connectivity index is 3.66. The van der Waals surface area contributed by atoms with Crippen LogP contribution in [0.4, 0.5) is 0 Å². The van der Waals surface area contributed by atoms with Crippen molar-refractivity contribution >= 4 is 0 Å². The Morgan fingerprint density at radius 2 is 1.93 bits per heavy atom. The van der Waals surface area contributed by atoms with Crippen LogP contribution in [0.15, 0.2) is 28.4 Å². The van der Waals surface area contributed by atoms with E-state index in [0.717, 1.165) is 19.3 Å². The van der Waals surface area contributed by atoms with Crippen molar-refractivity contribution in [3.8, 4) is 0 Å². The van der Waals surface area contributed by atoms with Gasteiger partial charge in [-0.1, -0.05) is 28.4 Å². The van der Waals surface area contributed by atoms with Gasteiger partial charge in [0.1, 0.15) is 0 Å². The topological polar surface area (TPSA) is 48.8 Å². The molecule has 0 fully saturated rings. The van der Waals surface area contributed by atoms with Crippen LogP contribution in [0.1, 0.15) is 40.0 Å². The fourth-order valence-corrected chi connectivity index (χ4v) is 1.10. The first-order chi connectivity index (χ1) is 6.66. The molecule has 0 aliphatic heterocycles. The van der Waals surface area contributed by atoms with E-state index in [1.54, 1.807) is 0 Å². The minimum absolute atomic E-state index is 0.566. The molecule has 0 bridgehead atoms. The fourth-order valence-electron chi connectivity index (χ4n) is 1.10. The van der Waals surface area contributed by atoms with E-state index in [0.29, 0.717) is 6.54 Å². The van der Waals surface area contributed by atoms with Crippen molar-refractivity contribution in [1.82, 2.24) is 0 Å². The molecule has 0 atom stereocenters. The second-order valence-electron chi connectivity index (χ2n) is 3.61. The van der Waals surface area contributed by atoms with Crippen LogP contribution in [-0.4, -0.2) is 6.54 Å². The molecule has 0 aromatic heterocycles. The lowest BCUT2D eigenvalue weighted by Gasteiger charge is -1.97. The molecule has 0 spiro atoms. The first kappa shape index (κ1) is 12.8. The maximum absolute atomic E-state index is 8.06. The van der Waals surface area contributed by atoms with Crippen molar-refractivity contribution < 1.29 is 0 Å². The second kappa shape index (κ2) is 8.39. The van der Waals surface area contributed by atoms with Crippen LogP contribution in [0.25, 0.3) is 10.4 Å². The van der Waals surface area contributed by atoms with Crippen LogP contribution in [0.2, 0.25) is 0 Å². The monoisotopic (exact) mass is 193 g/mol. The fraction of sp³-hybridized carbons (Fsp3) is 0.636. The molecule has 0 unspecified atom stereocenters. The third kappa shape index (κ3) is 8.88. The van der Waals surface area contributed by atoms with Gasteiger partial charge in [0.2, 0.25) is 0 Å². The van der Waals surface area contributed by atoms with Crippen molar-refractivity contribution in [3.63, 3.8) is 0 Å². The third-order valence-electron chi connectivity index (χ3n) is 1.88. The van der Waals surface area contributed by atoms with E-state index in [2.05, 4.69) is 42.9 Å². The van der Waals surface area contributed by atoms with Gasteiger partial charge in [-0.05, 0) is 45.6 Å². The van der Waals surface area contributed by atoms with Gasteiger partial charge in [0.25, 0.3) is 0 Å². The minimum Gasteiger partial charge on any atom is -0.0937 e. The van der Waals surface area contributed by atoms with E-state index in [4.69, 9.17) is 5.53 Å². The van der Waals surface area contributed by atoms with Crippen LogP contribution in [0.3, 0.4) is 0 Å². The summed E-state index contributed by atoms with van der Waals surface area (Å²) < 4.78 is 0.